The Balaban J connectivity index is 1.89. The number of ether oxygens (including phenoxy) is 1. The zero-order chi connectivity index (χ0) is 18.4. The number of nitrogens with zero attached hydrogens (tertiary/aromatic N) is 1. The smallest absolute Gasteiger partial charge is 0.277 e. The summed E-state index contributed by atoms with van der Waals surface area (Å²) < 4.78 is 6.31. The van der Waals surface area contributed by atoms with Crippen molar-refractivity contribution in [3.8, 4) is 11.5 Å². The van der Waals surface area contributed by atoms with Gasteiger partial charge in [-0.3, -0.25) is 4.79 Å². The van der Waals surface area contributed by atoms with Gasteiger partial charge in [-0.15, -0.1) is 0 Å². The van der Waals surface area contributed by atoms with Gasteiger partial charge in [-0.1, -0.05) is 39.0 Å². The van der Waals surface area contributed by atoms with Crippen LogP contribution < -0.4 is 10.2 Å². The molecule has 0 heterocycles. The van der Waals surface area contributed by atoms with E-state index in [0.29, 0.717) is 11.3 Å². The number of rotatable bonds is 5. The molecule has 0 aliphatic carbocycles. The fourth-order valence-electron chi connectivity index (χ4n) is 2.03. The van der Waals surface area contributed by atoms with E-state index in [1.165, 1.54) is 11.8 Å². The Labute approximate surface area is 155 Å². The normalized spacial score (nSPS) is 11.5. The number of halogens is 1. The molecule has 0 saturated carbocycles. The summed E-state index contributed by atoms with van der Waals surface area (Å²) in [5.74, 6) is 0.297. The van der Waals surface area contributed by atoms with Crippen LogP contribution in [-0.2, 0) is 10.2 Å². The second kappa shape index (κ2) is 8.16. The number of nitrogens with one attached hydrogen (secondary N) is 1. The Morgan fingerprint density at radius 2 is 2.00 bits per heavy atom. The van der Waals surface area contributed by atoms with E-state index in [9.17, 15) is 9.90 Å². The van der Waals surface area contributed by atoms with Gasteiger partial charge in [-0.05, 0) is 51.2 Å². The van der Waals surface area contributed by atoms with E-state index >= 15 is 0 Å². The SMILES string of the molecule is CC(C)(C)c1ccc(OCC(=O)NN=Cc2ccccc2O)c(Br)c1. The van der Waals surface area contributed by atoms with E-state index in [-0.39, 0.29) is 17.8 Å². The third-order valence-corrected chi connectivity index (χ3v) is 4.11. The summed E-state index contributed by atoms with van der Waals surface area (Å²) in [6.45, 7) is 6.23. The summed E-state index contributed by atoms with van der Waals surface area (Å²) in [5, 5.41) is 13.4. The van der Waals surface area contributed by atoms with Crippen molar-refractivity contribution in [2.75, 3.05) is 6.61 Å². The molecule has 5 nitrogen and oxygen atoms in total. The number of amides is 1. The minimum absolute atomic E-state index is 0.0378. The number of carbonyl (C=O) groups excluding carboxylic acids is 1. The quantitative estimate of drug-likeness (QED) is 0.584. The molecule has 0 spiro atoms. The third-order valence-electron chi connectivity index (χ3n) is 3.49. The minimum atomic E-state index is -0.390. The predicted octanol–water partition coefficient (Wildman–Crippen LogP) is 3.98. The molecule has 0 fully saturated rings. The van der Waals surface area contributed by atoms with Crippen LogP contribution in [0.1, 0.15) is 31.9 Å². The number of carbonyl (C=O) groups is 1. The first kappa shape index (κ1) is 19.0. The summed E-state index contributed by atoms with van der Waals surface area (Å²) in [4.78, 5) is 11.8. The van der Waals surface area contributed by atoms with Crippen molar-refractivity contribution in [1.29, 1.82) is 0 Å². The van der Waals surface area contributed by atoms with Crippen LogP contribution in [0.15, 0.2) is 52.0 Å². The highest BCUT2D eigenvalue weighted by Crippen LogP contribution is 2.31. The van der Waals surface area contributed by atoms with Crippen LogP contribution >= 0.6 is 15.9 Å². The van der Waals surface area contributed by atoms with Crippen molar-refractivity contribution in [3.05, 3.63) is 58.1 Å². The fourth-order valence-corrected chi connectivity index (χ4v) is 2.52. The fraction of sp³-hybridized carbons (Fsp3) is 0.263. The third kappa shape index (κ3) is 5.60. The molecule has 0 unspecified atom stereocenters. The number of hydrazone groups is 1. The van der Waals surface area contributed by atoms with E-state index in [1.54, 1.807) is 24.3 Å². The highest BCUT2D eigenvalue weighted by molar-refractivity contribution is 9.10. The molecular formula is C19H21BrN2O3. The Kier molecular flexibility index (Phi) is 6.20. The van der Waals surface area contributed by atoms with Gasteiger partial charge < -0.3 is 9.84 Å². The van der Waals surface area contributed by atoms with Gasteiger partial charge in [0.05, 0.1) is 10.7 Å². The molecule has 2 N–H and O–H groups in total. The molecule has 0 radical (unpaired) electrons. The number of para-hydroxylation sites is 1. The van der Waals surface area contributed by atoms with Crippen LogP contribution in [0.4, 0.5) is 0 Å². The molecule has 0 aliphatic heterocycles. The number of benzene rings is 2. The first-order chi connectivity index (χ1) is 11.8. The Bertz CT molecular complexity index is 782. The van der Waals surface area contributed by atoms with E-state index in [2.05, 4.69) is 47.2 Å². The summed E-state index contributed by atoms with van der Waals surface area (Å²) in [6, 6.07) is 12.5. The predicted molar refractivity (Wildman–Crippen MR) is 102 cm³/mol. The first-order valence-electron chi connectivity index (χ1n) is 7.80. The lowest BCUT2D eigenvalue weighted by Gasteiger charge is -2.20. The molecule has 6 heteroatoms. The van der Waals surface area contributed by atoms with Gasteiger partial charge in [0.25, 0.3) is 5.91 Å². The van der Waals surface area contributed by atoms with Crippen molar-refractivity contribution >= 4 is 28.1 Å². The molecule has 0 aliphatic rings. The lowest BCUT2D eigenvalue weighted by molar-refractivity contribution is -0.123. The lowest BCUT2D eigenvalue weighted by Crippen LogP contribution is -2.24. The Hall–Kier alpha value is -2.34. The largest absolute Gasteiger partial charge is 0.507 e. The number of phenols is 1. The maximum absolute atomic E-state index is 11.8. The zero-order valence-corrected chi connectivity index (χ0v) is 16.0. The Morgan fingerprint density at radius 1 is 1.28 bits per heavy atom. The number of hydrogen-bond donors (Lipinski definition) is 2. The highest BCUT2D eigenvalue weighted by Gasteiger charge is 2.15. The molecule has 0 saturated heterocycles. The van der Waals surface area contributed by atoms with Crippen molar-refractivity contribution in [3.63, 3.8) is 0 Å². The second-order valence-electron chi connectivity index (χ2n) is 6.54. The molecular weight excluding hydrogens is 384 g/mol. The number of aromatic hydroxyl groups is 1. The topological polar surface area (TPSA) is 70.9 Å². The van der Waals surface area contributed by atoms with Crippen LogP contribution in [0, 0.1) is 0 Å². The standard InChI is InChI=1S/C19H21BrN2O3/c1-19(2,3)14-8-9-17(15(20)10-14)25-12-18(24)22-21-11-13-6-4-5-7-16(13)23/h4-11,23H,12H2,1-3H3,(H,22,24). The van der Waals surface area contributed by atoms with Gasteiger partial charge in [0.2, 0.25) is 0 Å². The van der Waals surface area contributed by atoms with Gasteiger partial charge >= 0.3 is 0 Å². The molecule has 1 amide bonds. The average Bonchev–Trinajstić information content (AvgIpc) is 2.54. The highest BCUT2D eigenvalue weighted by atomic mass is 79.9. The lowest BCUT2D eigenvalue weighted by atomic mass is 9.87. The molecule has 0 bridgehead atoms. The molecule has 2 rings (SSSR count). The van der Waals surface area contributed by atoms with E-state index in [4.69, 9.17) is 4.74 Å². The van der Waals surface area contributed by atoms with Gasteiger partial charge in [0.15, 0.2) is 6.61 Å². The summed E-state index contributed by atoms with van der Waals surface area (Å²) >= 11 is 3.47. The molecule has 2 aromatic carbocycles. The summed E-state index contributed by atoms with van der Waals surface area (Å²) in [7, 11) is 0. The molecule has 2 aromatic rings. The van der Waals surface area contributed by atoms with Crippen LogP contribution in [0.25, 0.3) is 0 Å². The van der Waals surface area contributed by atoms with E-state index < -0.39 is 5.91 Å². The monoisotopic (exact) mass is 404 g/mol. The van der Waals surface area contributed by atoms with E-state index in [0.717, 1.165) is 4.47 Å². The summed E-state index contributed by atoms with van der Waals surface area (Å²) in [5.41, 5.74) is 4.09. The first-order valence-corrected chi connectivity index (χ1v) is 8.59. The van der Waals surface area contributed by atoms with Crippen molar-refractivity contribution in [2.24, 2.45) is 5.10 Å². The van der Waals surface area contributed by atoms with Crippen molar-refractivity contribution < 1.29 is 14.6 Å². The van der Waals surface area contributed by atoms with E-state index in [1.807, 2.05) is 18.2 Å². The van der Waals surface area contributed by atoms with Crippen molar-refractivity contribution in [2.45, 2.75) is 26.2 Å². The molecule has 25 heavy (non-hydrogen) atoms. The summed E-state index contributed by atoms with van der Waals surface area (Å²) in [6.07, 6.45) is 1.38. The number of phenolic OH excluding ortho intramolecular Hbond substituents is 1. The average molecular weight is 405 g/mol. The van der Waals surface area contributed by atoms with Crippen molar-refractivity contribution in [1.82, 2.24) is 5.43 Å². The molecule has 0 aromatic heterocycles. The van der Waals surface area contributed by atoms with Gasteiger partial charge in [-0.25, -0.2) is 5.43 Å². The minimum Gasteiger partial charge on any atom is -0.507 e. The van der Waals surface area contributed by atoms with Crippen LogP contribution in [-0.4, -0.2) is 23.8 Å². The maximum atomic E-state index is 11.8. The van der Waals surface area contributed by atoms with Crippen LogP contribution in [0.5, 0.6) is 11.5 Å². The molecule has 132 valence electrons. The van der Waals surface area contributed by atoms with Crippen LogP contribution in [0.2, 0.25) is 0 Å². The zero-order valence-electron chi connectivity index (χ0n) is 14.4. The van der Waals surface area contributed by atoms with Crippen LogP contribution in [0.3, 0.4) is 0 Å². The second-order valence-corrected chi connectivity index (χ2v) is 7.39. The maximum Gasteiger partial charge on any atom is 0.277 e. The van der Waals surface area contributed by atoms with Gasteiger partial charge in [0, 0.05) is 5.56 Å². The van der Waals surface area contributed by atoms with Gasteiger partial charge in [0.1, 0.15) is 11.5 Å². The number of hydrogen-bond acceptors (Lipinski definition) is 4. The van der Waals surface area contributed by atoms with Gasteiger partial charge in [-0.2, -0.15) is 5.10 Å². The Morgan fingerprint density at radius 3 is 2.64 bits per heavy atom. The molecule has 0 atom stereocenters.